The van der Waals surface area contributed by atoms with Crippen LogP contribution in [0.2, 0.25) is 0 Å². The molecule has 4 rings (SSSR count). The molecule has 1 aromatic carbocycles. The number of fused-ring (bicyclic) bond motifs is 3. The number of aromatic nitrogens is 4. The predicted octanol–water partition coefficient (Wildman–Crippen LogP) is 2.19. The molecular formula is C17H16N4O2S. The molecule has 0 aliphatic carbocycles. The molecule has 0 radical (unpaired) electrons. The zero-order valence-corrected chi connectivity index (χ0v) is 14.2. The molecule has 24 heavy (non-hydrogen) atoms. The summed E-state index contributed by atoms with van der Waals surface area (Å²) in [5.41, 5.74) is 3.15. The van der Waals surface area contributed by atoms with Crippen molar-refractivity contribution in [3.63, 3.8) is 0 Å². The third-order valence-electron chi connectivity index (χ3n) is 4.17. The number of aryl methyl sites for hydroxylation is 2. The Kier molecular flexibility index (Phi) is 3.47. The minimum absolute atomic E-state index is 0.0109. The minimum atomic E-state index is -0.121. The lowest BCUT2D eigenvalue weighted by Crippen LogP contribution is -2.24. The Morgan fingerprint density at radius 2 is 1.92 bits per heavy atom. The average Bonchev–Trinajstić information content (AvgIpc) is 3.08. The zero-order chi connectivity index (χ0) is 16.8. The molecule has 3 aromatic heterocycles. The van der Waals surface area contributed by atoms with Crippen LogP contribution in [0.3, 0.4) is 0 Å². The predicted molar refractivity (Wildman–Crippen MR) is 94.4 cm³/mol. The first-order chi connectivity index (χ1) is 11.6. The summed E-state index contributed by atoms with van der Waals surface area (Å²) in [5.74, 6) is 0. The third kappa shape index (κ3) is 2.24. The molecule has 0 saturated heterocycles. The lowest BCUT2D eigenvalue weighted by atomic mass is 10.1. The first kappa shape index (κ1) is 15.0. The fourth-order valence-corrected chi connectivity index (χ4v) is 3.89. The van der Waals surface area contributed by atoms with Gasteiger partial charge in [0.1, 0.15) is 5.52 Å². The number of aliphatic hydroxyl groups is 1. The van der Waals surface area contributed by atoms with Gasteiger partial charge in [-0.1, -0.05) is 24.3 Å². The van der Waals surface area contributed by atoms with Gasteiger partial charge in [-0.15, -0.1) is 11.3 Å². The zero-order valence-electron chi connectivity index (χ0n) is 13.4. The van der Waals surface area contributed by atoms with E-state index < -0.39 is 0 Å². The highest BCUT2D eigenvalue weighted by Crippen LogP contribution is 2.30. The smallest absolute Gasteiger partial charge is 0.291 e. The summed E-state index contributed by atoms with van der Waals surface area (Å²) in [7, 11) is 1.87. The van der Waals surface area contributed by atoms with Crippen LogP contribution < -0.4 is 5.56 Å². The maximum Gasteiger partial charge on any atom is 0.291 e. The molecule has 7 heteroatoms. The molecule has 1 N–H and O–H groups in total. The molecule has 0 amide bonds. The molecule has 0 saturated carbocycles. The van der Waals surface area contributed by atoms with Gasteiger partial charge >= 0.3 is 0 Å². The molecule has 0 bridgehead atoms. The highest BCUT2D eigenvalue weighted by Gasteiger charge is 2.17. The molecule has 0 spiro atoms. The van der Waals surface area contributed by atoms with Gasteiger partial charge in [0, 0.05) is 12.4 Å². The van der Waals surface area contributed by atoms with E-state index in [0.29, 0.717) is 12.1 Å². The van der Waals surface area contributed by atoms with E-state index in [9.17, 15) is 4.79 Å². The average molecular weight is 340 g/mol. The van der Waals surface area contributed by atoms with Crippen LogP contribution in [-0.4, -0.2) is 24.4 Å². The van der Waals surface area contributed by atoms with Gasteiger partial charge in [-0.25, -0.2) is 9.67 Å². The van der Waals surface area contributed by atoms with Crippen LogP contribution in [-0.2, 0) is 20.2 Å². The summed E-state index contributed by atoms with van der Waals surface area (Å²) in [5, 5.41) is 15.3. The summed E-state index contributed by atoms with van der Waals surface area (Å²) in [6.07, 6.45) is 1.75. The minimum Gasteiger partial charge on any atom is -0.392 e. The van der Waals surface area contributed by atoms with Gasteiger partial charge in [0.05, 0.1) is 29.1 Å². The van der Waals surface area contributed by atoms with Gasteiger partial charge < -0.3 is 9.67 Å². The van der Waals surface area contributed by atoms with Gasteiger partial charge in [0.2, 0.25) is 0 Å². The number of aliphatic hydroxyl groups excluding tert-OH is 1. The Hall–Kier alpha value is -2.51. The number of nitrogens with zero attached hydrogens (tertiary/aromatic N) is 4. The van der Waals surface area contributed by atoms with Crippen molar-refractivity contribution in [1.82, 2.24) is 19.3 Å². The van der Waals surface area contributed by atoms with Crippen LogP contribution in [0.1, 0.15) is 16.1 Å². The van der Waals surface area contributed by atoms with Crippen molar-refractivity contribution < 1.29 is 5.11 Å². The molecule has 122 valence electrons. The number of hydrogen-bond acceptors (Lipinski definition) is 5. The fraction of sp³-hybridized carbons (Fsp3) is 0.235. The number of rotatable bonds is 3. The van der Waals surface area contributed by atoms with Crippen molar-refractivity contribution in [1.29, 1.82) is 0 Å². The van der Waals surface area contributed by atoms with E-state index >= 15 is 0 Å². The molecule has 0 unspecified atom stereocenters. The Bertz CT molecular complexity index is 1110. The number of hydrogen-bond donors (Lipinski definition) is 1. The van der Waals surface area contributed by atoms with Crippen molar-refractivity contribution in [2.45, 2.75) is 20.1 Å². The Morgan fingerprint density at radius 1 is 1.21 bits per heavy atom. The lowest BCUT2D eigenvalue weighted by Gasteiger charge is -2.06. The van der Waals surface area contributed by atoms with Crippen molar-refractivity contribution in [2.24, 2.45) is 7.05 Å². The standard InChI is InChI=1S/C17H16N4O2S/c1-10-19-16-15(24-10)13-7-18-21(17(23)14(13)20(16)2)8-11-3-5-12(9-22)6-4-11/h3-7,22H,8-9H2,1-2H3. The first-order valence-electron chi connectivity index (χ1n) is 7.59. The van der Waals surface area contributed by atoms with Crippen LogP contribution >= 0.6 is 11.3 Å². The van der Waals surface area contributed by atoms with Gasteiger partial charge in [-0.05, 0) is 18.1 Å². The second-order valence-electron chi connectivity index (χ2n) is 5.79. The van der Waals surface area contributed by atoms with Crippen LogP contribution in [0.15, 0.2) is 35.3 Å². The van der Waals surface area contributed by atoms with Gasteiger partial charge in [0.15, 0.2) is 5.65 Å². The van der Waals surface area contributed by atoms with E-state index in [1.54, 1.807) is 17.5 Å². The van der Waals surface area contributed by atoms with E-state index in [4.69, 9.17) is 5.11 Å². The third-order valence-corrected chi connectivity index (χ3v) is 5.16. The summed E-state index contributed by atoms with van der Waals surface area (Å²) in [6, 6.07) is 7.50. The Balaban J connectivity index is 1.83. The van der Waals surface area contributed by atoms with Crippen molar-refractivity contribution in [3.8, 4) is 0 Å². The van der Waals surface area contributed by atoms with Gasteiger partial charge in [-0.2, -0.15) is 5.10 Å². The fourth-order valence-electron chi connectivity index (χ4n) is 2.93. The quantitative estimate of drug-likeness (QED) is 0.620. The molecule has 0 fully saturated rings. The maximum absolute atomic E-state index is 12.8. The summed E-state index contributed by atoms with van der Waals surface area (Å²) < 4.78 is 4.32. The van der Waals surface area contributed by atoms with Crippen LogP contribution in [0.5, 0.6) is 0 Å². The second kappa shape index (κ2) is 5.54. The summed E-state index contributed by atoms with van der Waals surface area (Å²) in [6.45, 7) is 2.36. The molecule has 0 atom stereocenters. The van der Waals surface area contributed by atoms with E-state index in [2.05, 4.69) is 10.1 Å². The first-order valence-corrected chi connectivity index (χ1v) is 8.40. The highest BCUT2D eigenvalue weighted by atomic mass is 32.1. The van der Waals surface area contributed by atoms with Crippen molar-refractivity contribution in [3.05, 3.63) is 57.0 Å². The highest BCUT2D eigenvalue weighted by molar-refractivity contribution is 7.19. The molecular weight excluding hydrogens is 324 g/mol. The monoisotopic (exact) mass is 340 g/mol. The summed E-state index contributed by atoms with van der Waals surface area (Å²) in [4.78, 5) is 17.4. The molecule has 0 aliphatic rings. The molecule has 4 aromatic rings. The topological polar surface area (TPSA) is 72.9 Å². The molecule has 6 nitrogen and oxygen atoms in total. The van der Waals surface area contributed by atoms with Gasteiger partial charge in [-0.3, -0.25) is 4.79 Å². The molecule has 0 aliphatic heterocycles. The van der Waals surface area contributed by atoms with E-state index in [1.807, 2.05) is 42.8 Å². The van der Waals surface area contributed by atoms with Gasteiger partial charge in [0.25, 0.3) is 5.56 Å². The number of thiazole rings is 1. The van der Waals surface area contributed by atoms with Crippen LogP contribution in [0.4, 0.5) is 0 Å². The number of benzene rings is 1. The summed E-state index contributed by atoms with van der Waals surface area (Å²) >= 11 is 1.58. The van der Waals surface area contributed by atoms with E-state index in [1.165, 1.54) is 4.68 Å². The van der Waals surface area contributed by atoms with Crippen LogP contribution in [0.25, 0.3) is 21.3 Å². The SMILES string of the molecule is Cc1nc2c(s1)c1cnn(Cc3ccc(CO)cc3)c(=O)c1n2C. The lowest BCUT2D eigenvalue weighted by molar-refractivity contribution is 0.282. The second-order valence-corrected chi connectivity index (χ2v) is 6.99. The normalized spacial score (nSPS) is 11.6. The van der Waals surface area contributed by atoms with Crippen LogP contribution in [0, 0.1) is 6.92 Å². The Labute approximate surface area is 141 Å². The largest absolute Gasteiger partial charge is 0.392 e. The van der Waals surface area contributed by atoms with Crippen molar-refractivity contribution >= 4 is 32.6 Å². The maximum atomic E-state index is 12.8. The van der Waals surface area contributed by atoms with E-state index in [0.717, 1.165) is 31.9 Å². The van der Waals surface area contributed by atoms with E-state index in [-0.39, 0.29) is 12.2 Å². The Morgan fingerprint density at radius 3 is 2.62 bits per heavy atom. The molecule has 3 heterocycles. The van der Waals surface area contributed by atoms with Crippen molar-refractivity contribution in [2.75, 3.05) is 0 Å².